The van der Waals surface area contributed by atoms with E-state index >= 15 is 0 Å². The molecule has 2 saturated heterocycles. The Balaban J connectivity index is 1.48. The van der Waals surface area contributed by atoms with Crippen LogP contribution in [0.2, 0.25) is 0 Å². The highest BCUT2D eigenvalue weighted by atomic mass is 16.5. The van der Waals surface area contributed by atoms with Gasteiger partial charge in [-0.25, -0.2) is 4.79 Å². The number of hydrogen-bond donors (Lipinski definition) is 1. The molecule has 0 unspecified atom stereocenters. The quantitative estimate of drug-likeness (QED) is 0.806. The molecule has 3 amide bonds. The highest BCUT2D eigenvalue weighted by Crippen LogP contribution is 2.20. The predicted molar refractivity (Wildman–Crippen MR) is 80.6 cm³/mol. The van der Waals surface area contributed by atoms with Crippen LogP contribution in [0, 0.1) is 6.92 Å². The molecule has 2 aliphatic rings. The largest absolute Gasteiger partial charge is 0.338 e. The fraction of sp³-hybridized carbons (Fsp3) is 0.714. The third-order valence-electron chi connectivity index (χ3n) is 4.37. The fourth-order valence-electron chi connectivity index (χ4n) is 2.93. The number of nitrogens with zero attached hydrogens (tertiary/aromatic N) is 5. The molecule has 23 heavy (non-hydrogen) atoms. The second kappa shape index (κ2) is 6.63. The van der Waals surface area contributed by atoms with Crippen LogP contribution in [0.15, 0.2) is 4.52 Å². The van der Waals surface area contributed by atoms with Gasteiger partial charge in [-0.1, -0.05) is 5.16 Å². The molecular formula is C14H22N6O3. The number of aromatic nitrogens is 2. The van der Waals surface area contributed by atoms with Crippen molar-refractivity contribution in [3.63, 3.8) is 0 Å². The van der Waals surface area contributed by atoms with Crippen LogP contribution >= 0.6 is 0 Å². The molecule has 1 N–H and O–H groups in total. The van der Waals surface area contributed by atoms with Gasteiger partial charge >= 0.3 is 6.03 Å². The van der Waals surface area contributed by atoms with Gasteiger partial charge in [0.25, 0.3) is 0 Å². The molecule has 9 heteroatoms. The van der Waals surface area contributed by atoms with E-state index in [1.54, 1.807) is 6.92 Å². The monoisotopic (exact) mass is 322 g/mol. The summed E-state index contributed by atoms with van der Waals surface area (Å²) in [6.07, 6.45) is 0. The Morgan fingerprint density at radius 1 is 1.30 bits per heavy atom. The Labute approximate surface area is 134 Å². The average molecular weight is 322 g/mol. The lowest BCUT2D eigenvalue weighted by molar-refractivity contribution is -0.129. The first kappa shape index (κ1) is 15.9. The van der Waals surface area contributed by atoms with Gasteiger partial charge in [0.15, 0.2) is 5.82 Å². The highest BCUT2D eigenvalue weighted by Gasteiger charge is 2.30. The topological polar surface area (TPSA) is 94.8 Å². The molecule has 126 valence electrons. The molecule has 0 saturated carbocycles. The van der Waals surface area contributed by atoms with Crippen LogP contribution in [0.25, 0.3) is 0 Å². The molecule has 1 aromatic heterocycles. The van der Waals surface area contributed by atoms with E-state index in [1.165, 1.54) is 4.90 Å². The maximum Gasteiger partial charge on any atom is 0.324 e. The van der Waals surface area contributed by atoms with Gasteiger partial charge in [0.05, 0.1) is 12.6 Å². The number of hydrogen-bond acceptors (Lipinski definition) is 7. The Morgan fingerprint density at radius 3 is 2.61 bits per heavy atom. The molecule has 0 aliphatic carbocycles. The first-order valence-electron chi connectivity index (χ1n) is 7.89. The standard InChI is InChI=1S/C14H22N6O3/c1-10(13-16-11(2)17-23-13)19-7-5-18(6-8-19)9-12(21)20-4-3-15-14(20)22/h10H,3-9H2,1-2H3,(H,15,22)/t10-/m1/s1. The van der Waals surface area contributed by atoms with E-state index in [9.17, 15) is 9.59 Å². The average Bonchev–Trinajstić information content (AvgIpc) is 3.16. The minimum absolute atomic E-state index is 0.0680. The van der Waals surface area contributed by atoms with Crippen molar-refractivity contribution in [2.24, 2.45) is 0 Å². The van der Waals surface area contributed by atoms with Crippen LogP contribution < -0.4 is 5.32 Å². The molecule has 3 rings (SSSR count). The predicted octanol–water partition coefficient (Wildman–Crippen LogP) is -0.392. The normalized spacial score (nSPS) is 21.5. The van der Waals surface area contributed by atoms with Gasteiger partial charge in [-0.2, -0.15) is 4.98 Å². The summed E-state index contributed by atoms with van der Waals surface area (Å²) in [5.41, 5.74) is 0. The Kier molecular flexibility index (Phi) is 4.58. The lowest BCUT2D eigenvalue weighted by atomic mass is 10.2. The summed E-state index contributed by atoms with van der Waals surface area (Å²) < 4.78 is 5.23. The summed E-state index contributed by atoms with van der Waals surface area (Å²) >= 11 is 0. The summed E-state index contributed by atoms with van der Waals surface area (Å²) in [5.74, 6) is 1.13. The number of rotatable bonds is 4. The van der Waals surface area contributed by atoms with Crippen LogP contribution in [-0.2, 0) is 4.79 Å². The van der Waals surface area contributed by atoms with Crippen LogP contribution in [-0.4, -0.2) is 82.6 Å². The molecule has 3 heterocycles. The second-order valence-electron chi connectivity index (χ2n) is 5.95. The van der Waals surface area contributed by atoms with Crippen molar-refractivity contribution in [1.82, 2.24) is 30.2 Å². The van der Waals surface area contributed by atoms with Gasteiger partial charge in [0.2, 0.25) is 11.8 Å². The number of carbonyl (C=O) groups is 2. The molecule has 0 radical (unpaired) electrons. The van der Waals surface area contributed by atoms with Crippen molar-refractivity contribution >= 4 is 11.9 Å². The van der Waals surface area contributed by atoms with Crippen LogP contribution in [0.1, 0.15) is 24.7 Å². The molecule has 1 atom stereocenters. The number of carbonyl (C=O) groups excluding carboxylic acids is 2. The van der Waals surface area contributed by atoms with Gasteiger partial charge in [-0.15, -0.1) is 0 Å². The zero-order chi connectivity index (χ0) is 16.4. The Bertz CT molecular complexity index is 581. The van der Waals surface area contributed by atoms with E-state index in [-0.39, 0.29) is 24.5 Å². The van der Waals surface area contributed by atoms with Gasteiger partial charge < -0.3 is 9.84 Å². The third-order valence-corrected chi connectivity index (χ3v) is 4.37. The number of piperazine rings is 1. The van der Waals surface area contributed by atoms with E-state index in [0.29, 0.717) is 24.8 Å². The maximum atomic E-state index is 12.1. The Hall–Kier alpha value is -2.00. The summed E-state index contributed by atoms with van der Waals surface area (Å²) in [5, 5.41) is 6.47. The second-order valence-corrected chi connectivity index (χ2v) is 5.95. The van der Waals surface area contributed by atoms with Crippen molar-refractivity contribution in [3.8, 4) is 0 Å². The zero-order valence-electron chi connectivity index (χ0n) is 13.5. The molecule has 0 spiro atoms. The van der Waals surface area contributed by atoms with Crippen molar-refractivity contribution in [2.75, 3.05) is 45.8 Å². The Morgan fingerprint density at radius 2 is 2.04 bits per heavy atom. The molecule has 0 aromatic carbocycles. The molecule has 2 aliphatic heterocycles. The van der Waals surface area contributed by atoms with E-state index in [4.69, 9.17) is 4.52 Å². The minimum Gasteiger partial charge on any atom is -0.338 e. The SMILES string of the molecule is Cc1noc([C@@H](C)N2CCN(CC(=O)N3CCNC3=O)CC2)n1. The van der Waals surface area contributed by atoms with E-state index in [1.807, 2.05) is 6.92 Å². The third kappa shape index (κ3) is 3.50. The smallest absolute Gasteiger partial charge is 0.324 e. The van der Waals surface area contributed by atoms with Crippen LogP contribution in [0.4, 0.5) is 4.79 Å². The van der Waals surface area contributed by atoms with E-state index in [2.05, 4.69) is 25.3 Å². The van der Waals surface area contributed by atoms with Gasteiger partial charge in [0.1, 0.15) is 0 Å². The fourth-order valence-corrected chi connectivity index (χ4v) is 2.93. The first-order chi connectivity index (χ1) is 11.0. The molecule has 1 aromatic rings. The number of amides is 3. The van der Waals surface area contributed by atoms with Crippen molar-refractivity contribution in [2.45, 2.75) is 19.9 Å². The zero-order valence-corrected chi connectivity index (χ0v) is 13.5. The van der Waals surface area contributed by atoms with Crippen molar-refractivity contribution in [1.29, 1.82) is 0 Å². The molecule has 0 bridgehead atoms. The maximum absolute atomic E-state index is 12.1. The summed E-state index contributed by atoms with van der Waals surface area (Å²) in [4.78, 5) is 33.5. The van der Waals surface area contributed by atoms with E-state index in [0.717, 1.165) is 26.2 Å². The van der Waals surface area contributed by atoms with Crippen LogP contribution in [0.3, 0.4) is 0 Å². The van der Waals surface area contributed by atoms with Gasteiger partial charge in [-0.05, 0) is 13.8 Å². The minimum atomic E-state index is -0.283. The number of imide groups is 1. The number of nitrogens with one attached hydrogen (secondary N) is 1. The molecular weight excluding hydrogens is 300 g/mol. The number of urea groups is 1. The van der Waals surface area contributed by atoms with Crippen LogP contribution in [0.5, 0.6) is 0 Å². The lowest BCUT2D eigenvalue weighted by Gasteiger charge is -2.36. The first-order valence-corrected chi connectivity index (χ1v) is 7.89. The van der Waals surface area contributed by atoms with Crippen molar-refractivity contribution in [3.05, 3.63) is 11.7 Å². The molecule has 2 fully saturated rings. The summed E-state index contributed by atoms with van der Waals surface area (Å²) in [6, 6.07) is -0.215. The summed E-state index contributed by atoms with van der Waals surface area (Å²) in [6.45, 7) is 8.33. The van der Waals surface area contributed by atoms with Gasteiger partial charge in [0, 0.05) is 39.3 Å². The van der Waals surface area contributed by atoms with E-state index < -0.39 is 0 Å². The number of aryl methyl sites for hydroxylation is 1. The lowest BCUT2D eigenvalue weighted by Crippen LogP contribution is -2.50. The highest BCUT2D eigenvalue weighted by molar-refractivity contribution is 5.96. The summed E-state index contributed by atoms with van der Waals surface area (Å²) in [7, 11) is 0. The molecule has 9 nitrogen and oxygen atoms in total. The van der Waals surface area contributed by atoms with Gasteiger partial charge in [-0.3, -0.25) is 19.5 Å². The van der Waals surface area contributed by atoms with Crippen molar-refractivity contribution < 1.29 is 14.1 Å².